The number of hydrogen-bond donors (Lipinski definition) is 2. The summed E-state index contributed by atoms with van der Waals surface area (Å²) in [5, 5.41) is 6.43. The van der Waals surface area contributed by atoms with Crippen LogP contribution >= 0.6 is 0 Å². The van der Waals surface area contributed by atoms with Crippen molar-refractivity contribution < 1.29 is 23.9 Å². The van der Waals surface area contributed by atoms with E-state index in [1.54, 1.807) is 48.5 Å². The van der Waals surface area contributed by atoms with Crippen molar-refractivity contribution in [1.82, 2.24) is 10.7 Å². The van der Waals surface area contributed by atoms with Gasteiger partial charge in [0.05, 0.1) is 25.4 Å². The Labute approximate surface area is 197 Å². The van der Waals surface area contributed by atoms with Crippen LogP contribution in [-0.4, -0.2) is 37.7 Å². The molecule has 3 aromatic carbocycles. The summed E-state index contributed by atoms with van der Waals surface area (Å²) in [6.45, 7) is 3.59. The maximum absolute atomic E-state index is 12.4. The van der Waals surface area contributed by atoms with Gasteiger partial charge in [0.15, 0.2) is 11.5 Å². The largest absolute Gasteiger partial charge is 0.493 e. The zero-order valence-corrected chi connectivity index (χ0v) is 19.1. The fourth-order valence-corrected chi connectivity index (χ4v) is 2.96. The van der Waals surface area contributed by atoms with Crippen LogP contribution in [0.15, 0.2) is 71.8 Å². The molecule has 0 aliphatic rings. The molecule has 0 fully saturated rings. The number of esters is 1. The normalized spacial score (nSPS) is 10.6. The van der Waals surface area contributed by atoms with Crippen molar-refractivity contribution >= 4 is 24.0 Å². The Hall–Kier alpha value is -4.46. The molecule has 0 atom stereocenters. The third-order valence-electron chi connectivity index (χ3n) is 4.77. The van der Waals surface area contributed by atoms with E-state index >= 15 is 0 Å². The van der Waals surface area contributed by atoms with Gasteiger partial charge in [-0.2, -0.15) is 5.10 Å². The number of hydrogen-bond acceptors (Lipinski definition) is 6. The number of benzene rings is 3. The van der Waals surface area contributed by atoms with Crippen molar-refractivity contribution in [3.05, 3.63) is 94.5 Å². The van der Waals surface area contributed by atoms with Crippen LogP contribution in [0.25, 0.3) is 0 Å². The smallest absolute Gasteiger partial charge is 0.343 e. The number of carbonyl (C=O) groups excluding carboxylic acids is 3. The molecule has 0 unspecified atom stereocenters. The number of hydrazone groups is 1. The van der Waals surface area contributed by atoms with Gasteiger partial charge in [-0.15, -0.1) is 0 Å². The van der Waals surface area contributed by atoms with E-state index in [1.807, 2.05) is 32.0 Å². The van der Waals surface area contributed by atoms with Crippen molar-refractivity contribution in [2.75, 3.05) is 13.7 Å². The average molecular weight is 460 g/mol. The molecule has 0 aliphatic heterocycles. The highest BCUT2D eigenvalue weighted by atomic mass is 16.6. The number of ether oxygens (including phenoxy) is 2. The van der Waals surface area contributed by atoms with Gasteiger partial charge < -0.3 is 14.8 Å². The lowest BCUT2D eigenvalue weighted by Crippen LogP contribution is -2.34. The second-order valence-corrected chi connectivity index (χ2v) is 7.51. The van der Waals surface area contributed by atoms with Crippen molar-refractivity contribution in [2.24, 2.45) is 5.10 Å². The lowest BCUT2D eigenvalue weighted by Gasteiger charge is -2.10. The van der Waals surface area contributed by atoms with E-state index in [4.69, 9.17) is 9.47 Å². The molecule has 174 valence electrons. The minimum Gasteiger partial charge on any atom is -0.493 e. The molecule has 0 aromatic heterocycles. The molecule has 0 aliphatic carbocycles. The number of nitrogens with one attached hydrogen (secondary N) is 2. The molecular formula is C26H25N3O5. The van der Waals surface area contributed by atoms with E-state index in [1.165, 1.54) is 13.3 Å². The van der Waals surface area contributed by atoms with Gasteiger partial charge in [-0.25, -0.2) is 10.2 Å². The third-order valence-corrected chi connectivity index (χ3v) is 4.77. The van der Waals surface area contributed by atoms with Gasteiger partial charge in [0.2, 0.25) is 0 Å². The summed E-state index contributed by atoms with van der Waals surface area (Å²) in [4.78, 5) is 36.4. The Morgan fingerprint density at radius 2 is 1.65 bits per heavy atom. The second-order valence-electron chi connectivity index (χ2n) is 7.51. The van der Waals surface area contributed by atoms with Gasteiger partial charge in [0.1, 0.15) is 0 Å². The molecule has 8 nitrogen and oxygen atoms in total. The minimum absolute atomic E-state index is 0.221. The molecule has 2 amide bonds. The Morgan fingerprint density at radius 3 is 2.35 bits per heavy atom. The van der Waals surface area contributed by atoms with Crippen molar-refractivity contribution in [3.8, 4) is 11.5 Å². The molecule has 0 radical (unpaired) electrons. The maximum atomic E-state index is 12.4. The van der Waals surface area contributed by atoms with Gasteiger partial charge in [0, 0.05) is 5.56 Å². The van der Waals surface area contributed by atoms with Gasteiger partial charge >= 0.3 is 5.97 Å². The highest BCUT2D eigenvalue weighted by Crippen LogP contribution is 2.28. The summed E-state index contributed by atoms with van der Waals surface area (Å²) < 4.78 is 10.8. The van der Waals surface area contributed by atoms with Crippen LogP contribution in [0.2, 0.25) is 0 Å². The quantitative estimate of drug-likeness (QED) is 0.232. The molecular weight excluding hydrogens is 434 g/mol. The van der Waals surface area contributed by atoms with Crippen molar-refractivity contribution in [2.45, 2.75) is 13.8 Å². The van der Waals surface area contributed by atoms with Gasteiger partial charge in [-0.05, 0) is 61.9 Å². The monoisotopic (exact) mass is 459 g/mol. The summed E-state index contributed by atoms with van der Waals surface area (Å²) in [6, 6.07) is 19.0. The molecule has 0 saturated carbocycles. The zero-order valence-electron chi connectivity index (χ0n) is 19.1. The van der Waals surface area contributed by atoms with E-state index in [0.717, 1.165) is 11.1 Å². The van der Waals surface area contributed by atoms with E-state index in [0.29, 0.717) is 22.4 Å². The molecule has 2 N–H and O–H groups in total. The maximum Gasteiger partial charge on any atom is 0.343 e. The summed E-state index contributed by atoms with van der Waals surface area (Å²) in [6.07, 6.45) is 1.41. The predicted molar refractivity (Wildman–Crippen MR) is 128 cm³/mol. The molecule has 34 heavy (non-hydrogen) atoms. The number of amides is 2. The Kier molecular flexibility index (Phi) is 8.12. The number of aryl methyl sites for hydroxylation is 2. The van der Waals surface area contributed by atoms with E-state index < -0.39 is 11.9 Å². The topological polar surface area (TPSA) is 106 Å². The Balaban J connectivity index is 1.54. The van der Waals surface area contributed by atoms with E-state index in [2.05, 4.69) is 15.8 Å². The van der Waals surface area contributed by atoms with Crippen LogP contribution in [0.1, 0.15) is 37.4 Å². The van der Waals surface area contributed by atoms with E-state index in [9.17, 15) is 14.4 Å². The van der Waals surface area contributed by atoms with Crippen LogP contribution < -0.4 is 20.2 Å². The lowest BCUT2D eigenvalue weighted by atomic mass is 10.1. The van der Waals surface area contributed by atoms with Crippen LogP contribution in [-0.2, 0) is 4.79 Å². The van der Waals surface area contributed by atoms with Crippen molar-refractivity contribution in [3.63, 3.8) is 0 Å². The standard InChI is InChI=1S/C26H25N3O5/c1-17-7-10-20(11-8-17)26(32)34-22-12-9-19(14-23(22)33-3)15-28-29-24(30)16-27-25(31)21-6-4-5-18(2)13-21/h4-15H,16H2,1-3H3,(H,27,31)(H,29,30). The van der Waals surface area contributed by atoms with Crippen LogP contribution in [0.3, 0.4) is 0 Å². The Morgan fingerprint density at radius 1 is 0.882 bits per heavy atom. The summed E-state index contributed by atoms with van der Waals surface area (Å²) in [5.74, 6) is -0.731. The molecule has 0 spiro atoms. The van der Waals surface area contributed by atoms with Crippen LogP contribution in [0.4, 0.5) is 0 Å². The Bertz CT molecular complexity index is 1220. The lowest BCUT2D eigenvalue weighted by molar-refractivity contribution is -0.120. The molecule has 0 bridgehead atoms. The first-order valence-electron chi connectivity index (χ1n) is 10.5. The fraction of sp³-hybridized carbons (Fsp3) is 0.154. The first kappa shape index (κ1) is 24.2. The summed E-state index contributed by atoms with van der Waals surface area (Å²) in [5.41, 5.74) is 5.85. The predicted octanol–water partition coefficient (Wildman–Crippen LogP) is 3.41. The molecule has 3 aromatic rings. The molecule has 3 rings (SSSR count). The second kappa shape index (κ2) is 11.4. The number of rotatable bonds is 8. The first-order valence-corrected chi connectivity index (χ1v) is 10.5. The zero-order chi connectivity index (χ0) is 24.5. The number of methoxy groups -OCH3 is 1. The van der Waals surface area contributed by atoms with Gasteiger partial charge in [-0.3, -0.25) is 9.59 Å². The highest BCUT2D eigenvalue weighted by Gasteiger charge is 2.13. The van der Waals surface area contributed by atoms with Crippen LogP contribution in [0.5, 0.6) is 11.5 Å². The molecule has 8 heteroatoms. The fourth-order valence-electron chi connectivity index (χ4n) is 2.96. The van der Waals surface area contributed by atoms with E-state index in [-0.39, 0.29) is 18.2 Å². The SMILES string of the molecule is COc1cc(C=NNC(=O)CNC(=O)c2cccc(C)c2)ccc1OC(=O)c1ccc(C)cc1. The summed E-state index contributed by atoms with van der Waals surface area (Å²) in [7, 11) is 1.46. The average Bonchev–Trinajstić information content (AvgIpc) is 2.83. The number of carbonyl (C=O) groups is 3. The van der Waals surface area contributed by atoms with Gasteiger partial charge in [-0.1, -0.05) is 35.4 Å². The highest BCUT2D eigenvalue weighted by molar-refractivity contribution is 5.96. The molecule has 0 saturated heterocycles. The first-order chi connectivity index (χ1) is 16.4. The van der Waals surface area contributed by atoms with Gasteiger partial charge in [0.25, 0.3) is 11.8 Å². The summed E-state index contributed by atoms with van der Waals surface area (Å²) >= 11 is 0. The van der Waals surface area contributed by atoms with Crippen LogP contribution in [0, 0.1) is 13.8 Å². The number of nitrogens with zero attached hydrogens (tertiary/aromatic N) is 1. The van der Waals surface area contributed by atoms with Crippen molar-refractivity contribution in [1.29, 1.82) is 0 Å². The minimum atomic E-state index is -0.500. The third kappa shape index (κ3) is 6.77. The molecule has 0 heterocycles.